The van der Waals surface area contributed by atoms with E-state index in [4.69, 9.17) is 0 Å². The monoisotopic (exact) mass is 404 g/mol. The van der Waals surface area contributed by atoms with Crippen LogP contribution in [0.25, 0.3) is 0 Å². The highest BCUT2D eigenvalue weighted by Gasteiger charge is 2.69. The second-order valence-electron chi connectivity index (χ2n) is 11.6. The molecule has 1 unspecified atom stereocenters. The minimum Gasteiger partial charge on any atom is -0.481 e. The van der Waals surface area contributed by atoms with Gasteiger partial charge in [0.2, 0.25) is 0 Å². The number of aliphatic hydroxyl groups excluding tert-OH is 1. The van der Waals surface area contributed by atoms with E-state index in [0.717, 1.165) is 25.7 Å². The lowest BCUT2D eigenvalue weighted by Gasteiger charge is -2.63. The summed E-state index contributed by atoms with van der Waals surface area (Å²) in [5.41, 5.74) is -1.24. The average molecular weight is 405 g/mol. The second-order valence-corrected chi connectivity index (χ2v) is 11.6. The van der Waals surface area contributed by atoms with Crippen molar-refractivity contribution in [3.63, 3.8) is 0 Å². The number of carboxylic acids is 1. The topological polar surface area (TPSA) is 74.6 Å². The molecule has 4 rings (SSSR count). The molecule has 2 N–H and O–H groups in total. The molecule has 29 heavy (non-hydrogen) atoms. The predicted octanol–water partition coefficient (Wildman–Crippen LogP) is 5.08. The van der Waals surface area contributed by atoms with E-state index in [2.05, 4.69) is 27.7 Å². The Hall–Kier alpha value is -0.900. The van der Waals surface area contributed by atoms with Gasteiger partial charge in [0.15, 0.2) is 0 Å². The maximum Gasteiger partial charge on any atom is 0.310 e. The zero-order chi connectivity index (χ0) is 21.2. The fraction of sp³-hybridized carbons (Fsp3) is 0.920. The first-order chi connectivity index (χ1) is 13.6. The first kappa shape index (κ1) is 21.3. The Balaban J connectivity index is 1.70. The summed E-state index contributed by atoms with van der Waals surface area (Å²) >= 11 is 0. The summed E-state index contributed by atoms with van der Waals surface area (Å²) in [6.45, 7) is 9.25. The van der Waals surface area contributed by atoms with E-state index in [9.17, 15) is 19.8 Å². The molecule has 0 saturated heterocycles. The number of Topliss-reactive ketones (excluding diaryl/α,β-unsaturated/α-hetero) is 1. The van der Waals surface area contributed by atoms with Gasteiger partial charge in [-0.2, -0.15) is 0 Å². The fourth-order valence-electron chi connectivity index (χ4n) is 9.02. The standard InChI is InChI=1S/C25H40O4/c1-5-6-15(2)17-7-8-18-21-19(10-11-23(17,18)3)24(4)12-9-16(26)13-25(24,22(28)29)14-20(21)27/h15-19,21,26H,5-14H2,1-4H3,(H,28,29)/t15-,16-,17-,18+,19+,21+,23-,24-,25?/m1/s1. The number of aliphatic carboxylic acids is 1. The molecule has 0 bridgehead atoms. The molecule has 0 aromatic heterocycles. The fourth-order valence-corrected chi connectivity index (χ4v) is 9.02. The molecule has 9 atom stereocenters. The van der Waals surface area contributed by atoms with Crippen LogP contribution in [0.15, 0.2) is 0 Å². The minimum atomic E-state index is -1.08. The summed E-state index contributed by atoms with van der Waals surface area (Å²) < 4.78 is 0. The maximum atomic E-state index is 13.6. The van der Waals surface area contributed by atoms with Gasteiger partial charge in [0.05, 0.1) is 11.5 Å². The van der Waals surface area contributed by atoms with Crippen molar-refractivity contribution in [2.45, 2.75) is 98.0 Å². The van der Waals surface area contributed by atoms with Gasteiger partial charge in [0.1, 0.15) is 5.78 Å². The normalized spacial score (nSPS) is 50.4. The van der Waals surface area contributed by atoms with Crippen molar-refractivity contribution in [2.24, 2.45) is 45.8 Å². The Bertz CT molecular complexity index is 688. The quantitative estimate of drug-likeness (QED) is 0.685. The third-order valence-corrected chi connectivity index (χ3v) is 10.5. The van der Waals surface area contributed by atoms with Crippen molar-refractivity contribution in [3.05, 3.63) is 0 Å². The number of rotatable bonds is 4. The minimum absolute atomic E-state index is 0.0281. The summed E-state index contributed by atoms with van der Waals surface area (Å²) in [6, 6.07) is 0. The molecule has 0 aromatic rings. The van der Waals surface area contributed by atoms with Crippen molar-refractivity contribution in [1.29, 1.82) is 0 Å². The lowest BCUT2D eigenvalue weighted by molar-refractivity contribution is -0.202. The van der Waals surface area contributed by atoms with Gasteiger partial charge in [-0.05, 0) is 79.4 Å². The molecule has 4 fully saturated rings. The van der Waals surface area contributed by atoms with E-state index in [0.29, 0.717) is 24.2 Å². The van der Waals surface area contributed by atoms with Crippen LogP contribution in [0.4, 0.5) is 0 Å². The number of carbonyl (C=O) groups excluding carboxylic acids is 1. The number of fused-ring (bicyclic) bond motifs is 5. The highest BCUT2D eigenvalue weighted by molar-refractivity contribution is 5.91. The molecule has 0 aromatic carbocycles. The van der Waals surface area contributed by atoms with Crippen LogP contribution in [0.1, 0.15) is 91.9 Å². The van der Waals surface area contributed by atoms with Crippen LogP contribution in [-0.4, -0.2) is 28.1 Å². The number of carboxylic acid groups (broad SMARTS) is 1. The van der Waals surface area contributed by atoms with Crippen molar-refractivity contribution < 1.29 is 19.8 Å². The number of hydrogen-bond donors (Lipinski definition) is 2. The summed E-state index contributed by atoms with van der Waals surface area (Å²) in [6.07, 6.45) is 8.08. The molecule has 4 nitrogen and oxygen atoms in total. The van der Waals surface area contributed by atoms with Gasteiger partial charge >= 0.3 is 5.97 Å². The Morgan fingerprint density at radius 3 is 2.52 bits per heavy atom. The van der Waals surface area contributed by atoms with Crippen LogP contribution in [0.5, 0.6) is 0 Å². The van der Waals surface area contributed by atoms with Crippen molar-refractivity contribution in [1.82, 2.24) is 0 Å². The summed E-state index contributed by atoms with van der Waals surface area (Å²) in [5, 5.41) is 20.6. The summed E-state index contributed by atoms with van der Waals surface area (Å²) in [4.78, 5) is 26.1. The third-order valence-electron chi connectivity index (χ3n) is 10.5. The van der Waals surface area contributed by atoms with E-state index in [-0.39, 0.29) is 41.3 Å². The van der Waals surface area contributed by atoms with E-state index < -0.39 is 17.5 Å². The molecule has 0 aliphatic heterocycles. The number of carbonyl (C=O) groups is 2. The maximum absolute atomic E-state index is 13.6. The molecule has 0 radical (unpaired) electrons. The Morgan fingerprint density at radius 2 is 1.86 bits per heavy atom. The van der Waals surface area contributed by atoms with Gasteiger partial charge in [0, 0.05) is 12.3 Å². The van der Waals surface area contributed by atoms with Crippen molar-refractivity contribution >= 4 is 11.8 Å². The Labute approximate surface area is 175 Å². The molecule has 0 spiro atoms. The molecule has 4 heteroatoms. The second kappa shape index (κ2) is 7.07. The highest BCUT2D eigenvalue weighted by Crippen LogP contribution is 2.70. The summed E-state index contributed by atoms with van der Waals surface area (Å²) in [5.74, 6) is 1.31. The van der Waals surface area contributed by atoms with Gasteiger partial charge in [-0.3, -0.25) is 9.59 Å². The number of aliphatic hydroxyl groups is 1. The first-order valence-electron chi connectivity index (χ1n) is 12.0. The van der Waals surface area contributed by atoms with Crippen molar-refractivity contribution in [3.8, 4) is 0 Å². The van der Waals surface area contributed by atoms with Gasteiger partial charge in [-0.1, -0.05) is 40.5 Å². The molecular formula is C25H40O4. The van der Waals surface area contributed by atoms with E-state index in [1.807, 2.05) is 0 Å². The van der Waals surface area contributed by atoms with Crippen LogP contribution >= 0.6 is 0 Å². The zero-order valence-corrected chi connectivity index (χ0v) is 18.7. The number of ketones is 1. The van der Waals surface area contributed by atoms with Crippen LogP contribution in [-0.2, 0) is 9.59 Å². The van der Waals surface area contributed by atoms with Crippen molar-refractivity contribution in [2.75, 3.05) is 0 Å². The van der Waals surface area contributed by atoms with Crippen LogP contribution in [0.3, 0.4) is 0 Å². The molecule has 4 aliphatic rings. The molecule has 164 valence electrons. The van der Waals surface area contributed by atoms with E-state index in [1.54, 1.807) is 0 Å². The first-order valence-corrected chi connectivity index (χ1v) is 12.0. The van der Waals surface area contributed by atoms with E-state index >= 15 is 0 Å². The van der Waals surface area contributed by atoms with E-state index in [1.165, 1.54) is 19.3 Å². The van der Waals surface area contributed by atoms with Gasteiger partial charge in [0.25, 0.3) is 0 Å². The largest absolute Gasteiger partial charge is 0.481 e. The zero-order valence-electron chi connectivity index (χ0n) is 18.7. The van der Waals surface area contributed by atoms with Gasteiger partial charge in [-0.15, -0.1) is 0 Å². The molecular weight excluding hydrogens is 364 g/mol. The van der Waals surface area contributed by atoms with Crippen LogP contribution in [0, 0.1) is 45.8 Å². The average Bonchev–Trinajstić information content (AvgIpc) is 3.00. The van der Waals surface area contributed by atoms with Gasteiger partial charge in [-0.25, -0.2) is 0 Å². The van der Waals surface area contributed by atoms with Gasteiger partial charge < -0.3 is 10.2 Å². The molecule has 4 aliphatic carbocycles. The predicted molar refractivity (Wildman–Crippen MR) is 112 cm³/mol. The number of hydrogen-bond acceptors (Lipinski definition) is 3. The third kappa shape index (κ3) is 2.80. The Morgan fingerprint density at radius 1 is 1.14 bits per heavy atom. The van der Waals surface area contributed by atoms with Crippen LogP contribution < -0.4 is 0 Å². The molecule has 0 amide bonds. The SMILES string of the molecule is CCC[C@@H](C)[C@H]1CC[C@H]2[C@@H]3C(=O)CC4(C(=O)O)C[C@H](O)CC[C@]4(C)[C@H]3CC[C@]12C. The van der Waals surface area contributed by atoms with Crippen LogP contribution in [0.2, 0.25) is 0 Å². The molecule has 0 heterocycles. The lowest BCUT2D eigenvalue weighted by atomic mass is 9.39. The summed E-state index contributed by atoms with van der Waals surface area (Å²) in [7, 11) is 0. The smallest absolute Gasteiger partial charge is 0.310 e. The molecule has 4 saturated carbocycles. The Kier molecular flexibility index (Phi) is 5.20. The highest BCUT2D eigenvalue weighted by atomic mass is 16.4. The lowest BCUT2D eigenvalue weighted by Crippen LogP contribution is -2.64.